The second-order valence-electron chi connectivity index (χ2n) is 6.96. The molecule has 0 unspecified atom stereocenters. The van der Waals surface area contributed by atoms with Crippen LogP contribution in [0.4, 0.5) is 4.79 Å². The van der Waals surface area contributed by atoms with Crippen LogP contribution in [0.3, 0.4) is 0 Å². The van der Waals surface area contributed by atoms with Crippen molar-refractivity contribution >= 4 is 29.2 Å². The van der Waals surface area contributed by atoms with E-state index >= 15 is 0 Å². The molecule has 6 heteroatoms. The van der Waals surface area contributed by atoms with Crippen LogP contribution >= 0.6 is 23.2 Å². The standard InChI is InChI=1S/C21H25Cl2N3O/c22-18-6-4-17(5-7-18)15-26-12-9-20(10-13-26)25-21(27)24-11-8-16-2-1-3-19(23)14-16/h1-7,14,20H,8-13,15H2,(H2,24,25,27). The Hall–Kier alpha value is -1.75. The summed E-state index contributed by atoms with van der Waals surface area (Å²) in [5, 5.41) is 7.51. The molecule has 1 aliphatic rings. The lowest BCUT2D eigenvalue weighted by Gasteiger charge is -2.32. The van der Waals surface area contributed by atoms with Crippen molar-refractivity contribution in [3.63, 3.8) is 0 Å². The van der Waals surface area contributed by atoms with Gasteiger partial charge in [0, 0.05) is 42.3 Å². The monoisotopic (exact) mass is 405 g/mol. The maximum atomic E-state index is 12.1. The minimum Gasteiger partial charge on any atom is -0.338 e. The third kappa shape index (κ3) is 6.73. The summed E-state index contributed by atoms with van der Waals surface area (Å²) in [7, 11) is 0. The number of halogens is 2. The average molecular weight is 406 g/mol. The zero-order chi connectivity index (χ0) is 19.1. The van der Waals surface area contributed by atoms with Crippen LogP contribution in [0.25, 0.3) is 0 Å². The Kier molecular flexibility index (Phi) is 7.39. The predicted octanol–water partition coefficient (Wildman–Crippen LogP) is 4.50. The maximum absolute atomic E-state index is 12.1. The second-order valence-corrected chi connectivity index (χ2v) is 7.83. The normalized spacial score (nSPS) is 15.5. The first kappa shape index (κ1) is 20.0. The van der Waals surface area contributed by atoms with Gasteiger partial charge in [-0.3, -0.25) is 4.90 Å². The van der Waals surface area contributed by atoms with Gasteiger partial charge < -0.3 is 10.6 Å². The van der Waals surface area contributed by atoms with Crippen LogP contribution in [0.2, 0.25) is 10.0 Å². The van der Waals surface area contributed by atoms with Crippen LogP contribution < -0.4 is 10.6 Å². The molecule has 0 bridgehead atoms. The highest BCUT2D eigenvalue weighted by molar-refractivity contribution is 6.30. The zero-order valence-corrected chi connectivity index (χ0v) is 16.8. The van der Waals surface area contributed by atoms with Crippen molar-refractivity contribution < 1.29 is 4.79 Å². The van der Waals surface area contributed by atoms with Gasteiger partial charge in [0.2, 0.25) is 0 Å². The number of nitrogens with zero attached hydrogens (tertiary/aromatic N) is 1. The molecule has 2 aromatic rings. The van der Waals surface area contributed by atoms with Crippen LogP contribution in [0.1, 0.15) is 24.0 Å². The van der Waals surface area contributed by atoms with Crippen LogP contribution in [-0.2, 0) is 13.0 Å². The molecule has 1 saturated heterocycles. The van der Waals surface area contributed by atoms with E-state index < -0.39 is 0 Å². The van der Waals surface area contributed by atoms with Gasteiger partial charge in [-0.2, -0.15) is 0 Å². The number of hydrogen-bond acceptors (Lipinski definition) is 2. The minimum atomic E-state index is -0.0896. The molecule has 2 amide bonds. The van der Waals surface area contributed by atoms with Gasteiger partial charge in [-0.05, 0) is 54.7 Å². The van der Waals surface area contributed by atoms with Gasteiger partial charge in [0.05, 0.1) is 0 Å². The molecule has 0 saturated carbocycles. The molecular weight excluding hydrogens is 381 g/mol. The molecular formula is C21H25Cl2N3O. The first-order valence-electron chi connectivity index (χ1n) is 9.34. The highest BCUT2D eigenvalue weighted by Gasteiger charge is 2.20. The molecule has 1 fully saturated rings. The summed E-state index contributed by atoms with van der Waals surface area (Å²) in [4.78, 5) is 14.5. The highest BCUT2D eigenvalue weighted by atomic mass is 35.5. The molecule has 1 heterocycles. The number of nitrogens with one attached hydrogen (secondary N) is 2. The van der Waals surface area contributed by atoms with Crippen LogP contribution in [0, 0.1) is 0 Å². The Labute approximate surface area is 170 Å². The van der Waals surface area contributed by atoms with Crippen LogP contribution in [0.15, 0.2) is 48.5 Å². The first-order chi connectivity index (χ1) is 13.1. The number of carbonyl (C=O) groups is 1. The third-order valence-electron chi connectivity index (χ3n) is 4.83. The second kappa shape index (κ2) is 9.98. The Bertz CT molecular complexity index is 743. The van der Waals surface area contributed by atoms with E-state index in [1.807, 2.05) is 36.4 Å². The molecule has 3 rings (SSSR count). The zero-order valence-electron chi connectivity index (χ0n) is 15.3. The fraction of sp³-hybridized carbons (Fsp3) is 0.381. The van der Waals surface area contributed by atoms with E-state index in [-0.39, 0.29) is 12.1 Å². The Morgan fingerprint density at radius 1 is 1.00 bits per heavy atom. The average Bonchev–Trinajstić information content (AvgIpc) is 2.65. The Morgan fingerprint density at radius 3 is 2.44 bits per heavy atom. The molecule has 2 N–H and O–H groups in total. The molecule has 144 valence electrons. The fourth-order valence-corrected chi connectivity index (χ4v) is 3.67. The lowest BCUT2D eigenvalue weighted by molar-refractivity contribution is 0.186. The maximum Gasteiger partial charge on any atom is 0.315 e. The molecule has 2 aromatic carbocycles. The number of rotatable bonds is 6. The van der Waals surface area contributed by atoms with Gasteiger partial charge in [0.25, 0.3) is 0 Å². The number of urea groups is 1. The molecule has 0 aromatic heterocycles. The van der Waals surface area contributed by atoms with Crippen LogP contribution in [0.5, 0.6) is 0 Å². The Morgan fingerprint density at radius 2 is 1.74 bits per heavy atom. The minimum absolute atomic E-state index is 0.0896. The first-order valence-corrected chi connectivity index (χ1v) is 10.1. The summed E-state index contributed by atoms with van der Waals surface area (Å²) in [5.41, 5.74) is 2.39. The van der Waals surface area contributed by atoms with Crippen molar-refractivity contribution in [2.75, 3.05) is 19.6 Å². The van der Waals surface area contributed by atoms with Crippen molar-refractivity contribution in [1.82, 2.24) is 15.5 Å². The van der Waals surface area contributed by atoms with Gasteiger partial charge in [0.15, 0.2) is 0 Å². The highest BCUT2D eigenvalue weighted by Crippen LogP contribution is 2.16. The van der Waals surface area contributed by atoms with E-state index in [1.54, 1.807) is 0 Å². The van der Waals surface area contributed by atoms with E-state index in [2.05, 4.69) is 27.7 Å². The van der Waals surface area contributed by atoms with E-state index in [0.29, 0.717) is 6.54 Å². The molecule has 1 aliphatic heterocycles. The van der Waals surface area contributed by atoms with E-state index in [4.69, 9.17) is 23.2 Å². The van der Waals surface area contributed by atoms with Crippen molar-refractivity contribution in [2.24, 2.45) is 0 Å². The summed E-state index contributed by atoms with van der Waals surface area (Å²) in [5.74, 6) is 0. The smallest absolute Gasteiger partial charge is 0.315 e. The van der Waals surface area contributed by atoms with Crippen molar-refractivity contribution in [2.45, 2.75) is 31.8 Å². The van der Waals surface area contributed by atoms with Gasteiger partial charge in [-0.25, -0.2) is 4.79 Å². The number of carbonyl (C=O) groups excluding carboxylic acids is 1. The summed E-state index contributed by atoms with van der Waals surface area (Å²) >= 11 is 11.9. The lowest BCUT2D eigenvalue weighted by Crippen LogP contribution is -2.48. The van der Waals surface area contributed by atoms with Crippen molar-refractivity contribution in [3.8, 4) is 0 Å². The molecule has 0 spiro atoms. The summed E-state index contributed by atoms with van der Waals surface area (Å²) < 4.78 is 0. The summed E-state index contributed by atoms with van der Waals surface area (Å²) in [6.45, 7) is 3.49. The molecule has 4 nitrogen and oxygen atoms in total. The number of amides is 2. The Balaban J connectivity index is 1.33. The molecule has 0 atom stereocenters. The van der Waals surface area contributed by atoms with Gasteiger partial charge in [0.1, 0.15) is 0 Å². The quantitative estimate of drug-likeness (QED) is 0.742. The number of benzene rings is 2. The SMILES string of the molecule is O=C(NCCc1cccc(Cl)c1)NC1CCN(Cc2ccc(Cl)cc2)CC1. The number of likely N-dealkylation sites (tertiary alicyclic amines) is 1. The topological polar surface area (TPSA) is 44.4 Å². The lowest BCUT2D eigenvalue weighted by atomic mass is 10.0. The fourth-order valence-electron chi connectivity index (χ4n) is 3.33. The third-order valence-corrected chi connectivity index (χ3v) is 5.32. The largest absolute Gasteiger partial charge is 0.338 e. The van der Waals surface area contributed by atoms with Gasteiger partial charge >= 0.3 is 6.03 Å². The van der Waals surface area contributed by atoms with Crippen LogP contribution in [-0.4, -0.2) is 36.6 Å². The van der Waals surface area contributed by atoms with E-state index in [9.17, 15) is 4.79 Å². The number of piperidine rings is 1. The summed E-state index contributed by atoms with van der Waals surface area (Å²) in [6.07, 6.45) is 2.71. The molecule has 27 heavy (non-hydrogen) atoms. The summed E-state index contributed by atoms with van der Waals surface area (Å²) in [6, 6.07) is 15.9. The van der Waals surface area contributed by atoms with Gasteiger partial charge in [-0.1, -0.05) is 47.5 Å². The van der Waals surface area contributed by atoms with E-state index in [0.717, 1.165) is 54.5 Å². The molecule has 0 aliphatic carbocycles. The van der Waals surface area contributed by atoms with Crippen molar-refractivity contribution in [3.05, 3.63) is 69.7 Å². The van der Waals surface area contributed by atoms with E-state index in [1.165, 1.54) is 5.56 Å². The van der Waals surface area contributed by atoms with Crippen molar-refractivity contribution in [1.29, 1.82) is 0 Å². The predicted molar refractivity (Wildman–Crippen MR) is 111 cm³/mol. The molecule has 0 radical (unpaired) electrons. The van der Waals surface area contributed by atoms with Gasteiger partial charge in [-0.15, -0.1) is 0 Å². The number of hydrogen-bond donors (Lipinski definition) is 2.